The molecule has 1 aliphatic rings. The Bertz CT molecular complexity index is 347. The topological polar surface area (TPSA) is 59.0 Å². The normalized spacial score (nSPS) is 20.6. The standard InChI is InChI=1S/C10H16N4O/c1-2-14-9(3-4-13-14)7-11-8-5-10(15)12-6-8/h3-4,8,11H,2,5-7H2,1H3,(H,12,15). The zero-order valence-corrected chi connectivity index (χ0v) is 8.86. The van der Waals surface area contributed by atoms with Gasteiger partial charge in [0, 0.05) is 38.3 Å². The van der Waals surface area contributed by atoms with Gasteiger partial charge in [0.25, 0.3) is 0 Å². The van der Waals surface area contributed by atoms with Gasteiger partial charge in [-0.2, -0.15) is 5.10 Å². The number of carbonyl (C=O) groups is 1. The van der Waals surface area contributed by atoms with Crippen LogP contribution in [-0.4, -0.2) is 28.3 Å². The third-order valence-electron chi connectivity index (χ3n) is 2.65. The van der Waals surface area contributed by atoms with Crippen molar-refractivity contribution in [3.63, 3.8) is 0 Å². The molecular weight excluding hydrogens is 192 g/mol. The van der Waals surface area contributed by atoms with Crippen LogP contribution in [0, 0.1) is 0 Å². The largest absolute Gasteiger partial charge is 0.354 e. The van der Waals surface area contributed by atoms with E-state index in [1.165, 1.54) is 0 Å². The zero-order chi connectivity index (χ0) is 10.7. The quantitative estimate of drug-likeness (QED) is 0.725. The van der Waals surface area contributed by atoms with E-state index in [4.69, 9.17) is 0 Å². The fourth-order valence-corrected chi connectivity index (χ4v) is 1.79. The molecule has 1 atom stereocenters. The van der Waals surface area contributed by atoms with Gasteiger partial charge in [0.2, 0.25) is 5.91 Å². The Morgan fingerprint density at radius 3 is 3.27 bits per heavy atom. The van der Waals surface area contributed by atoms with Crippen molar-refractivity contribution in [2.45, 2.75) is 32.5 Å². The van der Waals surface area contributed by atoms with E-state index in [2.05, 4.69) is 22.7 Å². The lowest BCUT2D eigenvalue weighted by Gasteiger charge is -2.10. The van der Waals surface area contributed by atoms with E-state index >= 15 is 0 Å². The van der Waals surface area contributed by atoms with Crippen molar-refractivity contribution < 1.29 is 4.79 Å². The fourth-order valence-electron chi connectivity index (χ4n) is 1.79. The molecule has 1 unspecified atom stereocenters. The number of nitrogens with one attached hydrogen (secondary N) is 2. The fraction of sp³-hybridized carbons (Fsp3) is 0.600. The van der Waals surface area contributed by atoms with Crippen LogP contribution in [0.1, 0.15) is 19.0 Å². The van der Waals surface area contributed by atoms with Crippen LogP contribution in [0.4, 0.5) is 0 Å². The van der Waals surface area contributed by atoms with E-state index in [0.717, 1.165) is 25.3 Å². The van der Waals surface area contributed by atoms with Gasteiger partial charge in [-0.3, -0.25) is 9.48 Å². The van der Waals surface area contributed by atoms with Gasteiger partial charge >= 0.3 is 0 Å². The molecule has 1 amide bonds. The highest BCUT2D eigenvalue weighted by atomic mass is 16.1. The van der Waals surface area contributed by atoms with Crippen LogP contribution < -0.4 is 10.6 Å². The predicted molar refractivity (Wildman–Crippen MR) is 56.2 cm³/mol. The minimum Gasteiger partial charge on any atom is -0.354 e. The molecule has 0 spiro atoms. The maximum atomic E-state index is 11.0. The Hall–Kier alpha value is -1.36. The minimum atomic E-state index is 0.136. The zero-order valence-electron chi connectivity index (χ0n) is 8.86. The van der Waals surface area contributed by atoms with Crippen molar-refractivity contribution in [2.24, 2.45) is 0 Å². The van der Waals surface area contributed by atoms with Crippen molar-refractivity contribution in [3.05, 3.63) is 18.0 Å². The number of carbonyl (C=O) groups excluding carboxylic acids is 1. The summed E-state index contributed by atoms with van der Waals surface area (Å²) in [5, 5.41) is 10.3. The number of rotatable bonds is 4. The number of aryl methyl sites for hydroxylation is 1. The molecule has 5 nitrogen and oxygen atoms in total. The molecule has 0 bridgehead atoms. The summed E-state index contributed by atoms with van der Waals surface area (Å²) in [6.45, 7) is 4.45. The summed E-state index contributed by atoms with van der Waals surface area (Å²) >= 11 is 0. The number of nitrogens with zero attached hydrogens (tertiary/aromatic N) is 2. The predicted octanol–water partition coefficient (Wildman–Crippen LogP) is -0.119. The summed E-state index contributed by atoms with van der Waals surface area (Å²) in [7, 11) is 0. The molecule has 1 aromatic heterocycles. The summed E-state index contributed by atoms with van der Waals surface area (Å²) < 4.78 is 1.96. The Labute approximate surface area is 88.8 Å². The Morgan fingerprint density at radius 1 is 1.73 bits per heavy atom. The molecule has 5 heteroatoms. The van der Waals surface area contributed by atoms with Crippen LogP contribution in [-0.2, 0) is 17.9 Å². The average Bonchev–Trinajstić information content (AvgIpc) is 2.83. The van der Waals surface area contributed by atoms with Crippen molar-refractivity contribution in [2.75, 3.05) is 6.54 Å². The maximum Gasteiger partial charge on any atom is 0.221 e. The van der Waals surface area contributed by atoms with E-state index in [1.54, 1.807) is 6.20 Å². The van der Waals surface area contributed by atoms with Crippen LogP contribution in [0.2, 0.25) is 0 Å². The highest BCUT2D eigenvalue weighted by Gasteiger charge is 2.20. The van der Waals surface area contributed by atoms with Crippen LogP contribution in [0.15, 0.2) is 12.3 Å². The van der Waals surface area contributed by atoms with Crippen molar-refractivity contribution in [3.8, 4) is 0 Å². The Balaban J connectivity index is 1.85. The van der Waals surface area contributed by atoms with Gasteiger partial charge in [-0.1, -0.05) is 0 Å². The molecule has 2 rings (SSSR count). The monoisotopic (exact) mass is 208 g/mol. The first-order valence-corrected chi connectivity index (χ1v) is 5.30. The third-order valence-corrected chi connectivity index (χ3v) is 2.65. The van der Waals surface area contributed by atoms with Gasteiger partial charge in [0.15, 0.2) is 0 Å². The number of hydrogen-bond acceptors (Lipinski definition) is 3. The van der Waals surface area contributed by atoms with Crippen LogP contribution in [0.3, 0.4) is 0 Å². The molecule has 1 fully saturated rings. The summed E-state index contributed by atoms with van der Waals surface area (Å²) in [4.78, 5) is 11.0. The second kappa shape index (κ2) is 4.44. The molecule has 1 saturated heterocycles. The highest BCUT2D eigenvalue weighted by molar-refractivity contribution is 5.78. The molecule has 1 aromatic rings. The van der Waals surface area contributed by atoms with E-state index in [9.17, 15) is 4.79 Å². The number of aromatic nitrogens is 2. The molecule has 15 heavy (non-hydrogen) atoms. The summed E-state index contributed by atoms with van der Waals surface area (Å²) in [5.41, 5.74) is 1.16. The average molecular weight is 208 g/mol. The SMILES string of the molecule is CCn1nccc1CNC1CNC(=O)C1. The molecule has 1 aliphatic heterocycles. The lowest BCUT2D eigenvalue weighted by atomic mass is 10.2. The van der Waals surface area contributed by atoms with Crippen molar-refractivity contribution in [1.29, 1.82) is 0 Å². The molecular formula is C10H16N4O. The second-order valence-electron chi connectivity index (χ2n) is 3.72. The Morgan fingerprint density at radius 2 is 2.60 bits per heavy atom. The van der Waals surface area contributed by atoms with Gasteiger partial charge in [0.1, 0.15) is 0 Å². The minimum absolute atomic E-state index is 0.136. The molecule has 0 radical (unpaired) electrons. The van der Waals surface area contributed by atoms with E-state index in [1.807, 2.05) is 10.7 Å². The van der Waals surface area contributed by atoms with Gasteiger partial charge in [-0.15, -0.1) is 0 Å². The first-order valence-electron chi connectivity index (χ1n) is 5.30. The highest BCUT2D eigenvalue weighted by Crippen LogP contribution is 2.03. The van der Waals surface area contributed by atoms with Gasteiger partial charge in [-0.05, 0) is 13.0 Å². The van der Waals surface area contributed by atoms with E-state index in [0.29, 0.717) is 6.42 Å². The molecule has 0 saturated carbocycles. The number of hydrogen-bond donors (Lipinski definition) is 2. The molecule has 0 aliphatic carbocycles. The summed E-state index contributed by atoms with van der Waals surface area (Å²) in [6, 6.07) is 2.26. The van der Waals surface area contributed by atoms with Gasteiger partial charge < -0.3 is 10.6 Å². The smallest absolute Gasteiger partial charge is 0.221 e. The van der Waals surface area contributed by atoms with Crippen LogP contribution >= 0.6 is 0 Å². The third kappa shape index (κ3) is 2.36. The van der Waals surface area contributed by atoms with E-state index < -0.39 is 0 Å². The summed E-state index contributed by atoms with van der Waals surface area (Å²) in [6.07, 6.45) is 2.39. The molecule has 2 N–H and O–H groups in total. The van der Waals surface area contributed by atoms with Crippen LogP contribution in [0.25, 0.3) is 0 Å². The van der Waals surface area contributed by atoms with Crippen LogP contribution in [0.5, 0.6) is 0 Å². The van der Waals surface area contributed by atoms with Crippen molar-refractivity contribution >= 4 is 5.91 Å². The molecule has 0 aromatic carbocycles. The maximum absolute atomic E-state index is 11.0. The van der Waals surface area contributed by atoms with Gasteiger partial charge in [-0.25, -0.2) is 0 Å². The number of amides is 1. The lowest BCUT2D eigenvalue weighted by molar-refractivity contribution is -0.119. The van der Waals surface area contributed by atoms with Crippen molar-refractivity contribution in [1.82, 2.24) is 20.4 Å². The summed E-state index contributed by atoms with van der Waals surface area (Å²) in [5.74, 6) is 0.136. The first-order chi connectivity index (χ1) is 7.29. The molecule has 2 heterocycles. The second-order valence-corrected chi connectivity index (χ2v) is 3.72. The van der Waals surface area contributed by atoms with Gasteiger partial charge in [0.05, 0.1) is 5.69 Å². The lowest BCUT2D eigenvalue weighted by Crippen LogP contribution is -2.31. The first kappa shape index (κ1) is 10.2. The van der Waals surface area contributed by atoms with E-state index in [-0.39, 0.29) is 11.9 Å². The molecule has 82 valence electrons. The Kier molecular flexibility index (Phi) is 3.01.